The Morgan fingerprint density at radius 3 is 2.57 bits per heavy atom. The summed E-state index contributed by atoms with van der Waals surface area (Å²) in [6, 6.07) is 23.0. The monoisotopic (exact) mass is 572 g/mol. The Balaban J connectivity index is 1.71. The van der Waals surface area contributed by atoms with Crippen molar-refractivity contribution in [2.45, 2.75) is 13.5 Å². The lowest BCUT2D eigenvalue weighted by Gasteiger charge is -2.10. The van der Waals surface area contributed by atoms with Gasteiger partial charge in [0, 0.05) is 9.26 Å². The van der Waals surface area contributed by atoms with Crippen molar-refractivity contribution in [3.63, 3.8) is 0 Å². The fraction of sp³-hybridized carbons (Fsp3) is 0.0833. The van der Waals surface area contributed by atoms with E-state index in [1.165, 1.54) is 3.57 Å². The van der Waals surface area contributed by atoms with Crippen LogP contribution in [0.15, 0.2) is 76.8 Å². The van der Waals surface area contributed by atoms with Gasteiger partial charge in [0.15, 0.2) is 0 Å². The topological polar surface area (TPSA) is 62.1 Å². The second-order valence-corrected chi connectivity index (χ2v) is 8.64. The molecule has 0 saturated carbocycles. The van der Waals surface area contributed by atoms with Crippen molar-refractivity contribution in [2.75, 3.05) is 5.32 Å². The summed E-state index contributed by atoms with van der Waals surface area (Å²) in [6.45, 7) is 2.35. The minimum absolute atomic E-state index is 0.0257. The zero-order valence-electron chi connectivity index (χ0n) is 16.2. The fourth-order valence-corrected chi connectivity index (χ4v) is 3.55. The van der Waals surface area contributed by atoms with Crippen molar-refractivity contribution in [1.29, 1.82) is 5.26 Å². The number of hydrogen-bond donors (Lipinski definition) is 1. The molecule has 3 rings (SSSR count). The van der Waals surface area contributed by atoms with Gasteiger partial charge in [-0.25, -0.2) is 0 Å². The van der Waals surface area contributed by atoms with E-state index in [1.807, 2.05) is 73.7 Å². The summed E-state index contributed by atoms with van der Waals surface area (Å²) >= 11 is 5.77. The van der Waals surface area contributed by atoms with Gasteiger partial charge in [0.05, 0.1) is 4.47 Å². The molecule has 150 valence electrons. The molecule has 0 saturated heterocycles. The van der Waals surface area contributed by atoms with E-state index in [0.717, 1.165) is 21.2 Å². The molecule has 3 aromatic rings. The number of ether oxygens (including phenoxy) is 1. The lowest BCUT2D eigenvalue weighted by atomic mass is 10.1. The number of nitrogens with zero attached hydrogens (tertiary/aromatic N) is 1. The lowest BCUT2D eigenvalue weighted by molar-refractivity contribution is -0.112. The zero-order chi connectivity index (χ0) is 21.5. The number of rotatable bonds is 6. The summed E-state index contributed by atoms with van der Waals surface area (Å²) in [4.78, 5) is 12.5. The first-order chi connectivity index (χ1) is 14.5. The van der Waals surface area contributed by atoms with E-state index < -0.39 is 5.91 Å². The Labute approximate surface area is 197 Å². The molecule has 0 aliphatic carbocycles. The van der Waals surface area contributed by atoms with Crippen molar-refractivity contribution in [1.82, 2.24) is 0 Å². The summed E-state index contributed by atoms with van der Waals surface area (Å²) in [5, 5.41) is 12.2. The van der Waals surface area contributed by atoms with Crippen LogP contribution in [-0.2, 0) is 11.4 Å². The van der Waals surface area contributed by atoms with Crippen molar-refractivity contribution < 1.29 is 9.53 Å². The summed E-state index contributed by atoms with van der Waals surface area (Å²) in [5.74, 6) is 0.246. The Kier molecular flexibility index (Phi) is 7.66. The van der Waals surface area contributed by atoms with Gasteiger partial charge in [-0.2, -0.15) is 5.26 Å². The highest BCUT2D eigenvalue weighted by atomic mass is 127. The molecule has 30 heavy (non-hydrogen) atoms. The first kappa shape index (κ1) is 22.1. The number of nitrogens with one attached hydrogen (secondary N) is 1. The van der Waals surface area contributed by atoms with E-state index in [1.54, 1.807) is 12.1 Å². The average molecular weight is 573 g/mol. The molecule has 0 radical (unpaired) electrons. The van der Waals surface area contributed by atoms with Gasteiger partial charge in [-0.1, -0.05) is 36.4 Å². The Hall–Kier alpha value is -2.63. The number of carbonyl (C=O) groups excluding carboxylic acids is 1. The quantitative estimate of drug-likeness (QED) is 0.209. The van der Waals surface area contributed by atoms with Crippen LogP contribution in [0.4, 0.5) is 5.69 Å². The maximum Gasteiger partial charge on any atom is 0.266 e. The van der Waals surface area contributed by atoms with Gasteiger partial charge in [-0.15, -0.1) is 0 Å². The van der Waals surface area contributed by atoms with E-state index in [0.29, 0.717) is 18.0 Å². The third-order valence-electron chi connectivity index (χ3n) is 4.33. The third kappa shape index (κ3) is 5.94. The van der Waals surface area contributed by atoms with E-state index in [9.17, 15) is 10.1 Å². The molecule has 0 aliphatic heterocycles. The number of amides is 1. The second kappa shape index (κ2) is 10.4. The van der Waals surface area contributed by atoms with Crippen molar-refractivity contribution in [3.8, 4) is 11.8 Å². The number of nitriles is 1. The van der Waals surface area contributed by atoms with Crippen LogP contribution in [0.3, 0.4) is 0 Å². The van der Waals surface area contributed by atoms with Crippen LogP contribution in [-0.4, -0.2) is 5.91 Å². The highest BCUT2D eigenvalue weighted by molar-refractivity contribution is 14.1. The highest BCUT2D eigenvalue weighted by Gasteiger charge is 2.11. The molecule has 4 nitrogen and oxygen atoms in total. The van der Waals surface area contributed by atoms with Gasteiger partial charge in [-0.05, 0) is 98.5 Å². The summed E-state index contributed by atoms with van der Waals surface area (Å²) in [5.41, 5.74) is 3.44. The van der Waals surface area contributed by atoms with Crippen LogP contribution in [0, 0.1) is 21.8 Å². The molecule has 0 atom stereocenters. The lowest BCUT2D eigenvalue weighted by Crippen LogP contribution is -2.14. The van der Waals surface area contributed by atoms with Gasteiger partial charge in [0.2, 0.25) is 0 Å². The summed E-state index contributed by atoms with van der Waals surface area (Å²) in [6.07, 6.45) is 1.56. The number of benzene rings is 3. The van der Waals surface area contributed by atoms with E-state index in [2.05, 4.69) is 43.8 Å². The molecule has 0 spiro atoms. The van der Waals surface area contributed by atoms with Crippen LogP contribution in [0.2, 0.25) is 0 Å². The normalized spacial score (nSPS) is 10.9. The SMILES string of the molecule is Cc1ccccc1NC(=O)/C(C#N)=C\c1ccc(OCc2ccc(I)cc2)c(Br)c1. The second-order valence-electron chi connectivity index (χ2n) is 6.54. The van der Waals surface area contributed by atoms with E-state index in [-0.39, 0.29) is 5.57 Å². The Bertz CT molecular complexity index is 1130. The molecule has 0 unspecified atom stereocenters. The minimum atomic E-state index is -0.443. The smallest absolute Gasteiger partial charge is 0.266 e. The molecule has 1 amide bonds. The number of hydrogen-bond acceptors (Lipinski definition) is 3. The highest BCUT2D eigenvalue weighted by Crippen LogP contribution is 2.28. The minimum Gasteiger partial charge on any atom is -0.488 e. The van der Waals surface area contributed by atoms with Gasteiger partial charge < -0.3 is 10.1 Å². The number of halogens is 2. The Morgan fingerprint density at radius 2 is 1.90 bits per heavy atom. The first-order valence-electron chi connectivity index (χ1n) is 9.12. The van der Waals surface area contributed by atoms with Crippen molar-refractivity contribution in [3.05, 3.63) is 97.0 Å². The molecular formula is C24H18BrIN2O2. The number of para-hydroxylation sites is 1. The van der Waals surface area contributed by atoms with Gasteiger partial charge in [0.25, 0.3) is 5.91 Å². The molecule has 0 bridgehead atoms. The van der Waals surface area contributed by atoms with Gasteiger partial charge in [-0.3, -0.25) is 4.79 Å². The zero-order valence-corrected chi connectivity index (χ0v) is 19.9. The third-order valence-corrected chi connectivity index (χ3v) is 5.67. The largest absolute Gasteiger partial charge is 0.488 e. The van der Waals surface area contributed by atoms with E-state index >= 15 is 0 Å². The molecule has 6 heteroatoms. The molecule has 0 fully saturated rings. The van der Waals surface area contributed by atoms with Crippen LogP contribution in [0.5, 0.6) is 5.75 Å². The van der Waals surface area contributed by atoms with Crippen LogP contribution in [0.1, 0.15) is 16.7 Å². The average Bonchev–Trinajstić information content (AvgIpc) is 2.74. The molecule has 0 aromatic heterocycles. The number of anilines is 1. The predicted octanol–water partition coefficient (Wildman–Crippen LogP) is 6.49. The molecule has 1 N–H and O–H groups in total. The first-order valence-corrected chi connectivity index (χ1v) is 11.0. The molecular weight excluding hydrogens is 555 g/mol. The summed E-state index contributed by atoms with van der Waals surface area (Å²) < 4.78 is 7.80. The molecule has 0 aliphatic rings. The standard InChI is InChI=1S/C24H18BrIN2O2/c1-16-4-2-3-5-22(16)28-24(29)19(14-27)12-18-8-11-23(21(25)13-18)30-15-17-6-9-20(26)10-7-17/h2-13H,15H2,1H3,(H,28,29)/b19-12-. The number of carbonyl (C=O) groups is 1. The Morgan fingerprint density at radius 1 is 1.17 bits per heavy atom. The van der Waals surface area contributed by atoms with Crippen molar-refractivity contribution in [2.24, 2.45) is 0 Å². The van der Waals surface area contributed by atoms with Crippen LogP contribution < -0.4 is 10.1 Å². The van der Waals surface area contributed by atoms with Crippen LogP contribution in [0.25, 0.3) is 6.08 Å². The maximum absolute atomic E-state index is 12.5. The van der Waals surface area contributed by atoms with Gasteiger partial charge >= 0.3 is 0 Å². The maximum atomic E-state index is 12.5. The molecule has 3 aromatic carbocycles. The van der Waals surface area contributed by atoms with Gasteiger partial charge in [0.1, 0.15) is 24.0 Å². The van der Waals surface area contributed by atoms with Crippen LogP contribution >= 0.6 is 38.5 Å². The van der Waals surface area contributed by atoms with Crippen molar-refractivity contribution >= 4 is 56.2 Å². The predicted molar refractivity (Wildman–Crippen MR) is 131 cm³/mol. The number of aryl methyl sites for hydroxylation is 1. The fourth-order valence-electron chi connectivity index (χ4n) is 2.68. The summed E-state index contributed by atoms with van der Waals surface area (Å²) in [7, 11) is 0. The van der Waals surface area contributed by atoms with E-state index in [4.69, 9.17) is 4.74 Å². The molecule has 0 heterocycles.